The molecule has 4 amide bonds. The van der Waals surface area contributed by atoms with Gasteiger partial charge in [0.1, 0.15) is 18.4 Å². The number of hydrogen-bond donors (Lipinski definition) is 4. The monoisotopic (exact) mass is 544 g/mol. The number of carbonyl (C=O) groups excluding carboxylic acids is 5. The van der Waals surface area contributed by atoms with Crippen LogP contribution in [0.4, 0.5) is 0 Å². The second kappa shape index (κ2) is 16.1. The lowest BCUT2D eigenvalue weighted by Gasteiger charge is -2.31. The van der Waals surface area contributed by atoms with Crippen LogP contribution in [-0.4, -0.2) is 71.1 Å². The number of aliphatic carboxylic acids is 1. The minimum absolute atomic E-state index is 0.293. The molecule has 1 rings (SSSR count). The highest BCUT2D eigenvalue weighted by Gasteiger charge is 2.39. The molecule has 0 bridgehead atoms. The molecule has 0 aromatic rings. The van der Waals surface area contributed by atoms with Gasteiger partial charge >= 0.3 is 5.97 Å². The quantitative estimate of drug-likeness (QED) is 0.147. The number of carboxylic acid groups (broad SMARTS) is 1. The molecule has 1 aliphatic heterocycles. The second-order valence-corrected chi connectivity index (χ2v) is 9.88. The summed E-state index contributed by atoms with van der Waals surface area (Å²) in [5.74, 6) is -3.03. The average molecular weight is 545 g/mol. The van der Waals surface area contributed by atoms with Gasteiger partial charge in [0.05, 0.1) is 12.5 Å². The Balaban J connectivity index is 3.03. The van der Waals surface area contributed by atoms with Gasteiger partial charge in [0.2, 0.25) is 18.2 Å². The van der Waals surface area contributed by atoms with Crippen molar-refractivity contribution in [2.24, 2.45) is 5.92 Å². The lowest BCUT2D eigenvalue weighted by Crippen LogP contribution is -2.56. The lowest BCUT2D eigenvalue weighted by atomic mass is 10.0. The summed E-state index contributed by atoms with van der Waals surface area (Å²) in [6, 6.07) is -2.98. The van der Waals surface area contributed by atoms with E-state index in [0.29, 0.717) is 43.4 Å². The molecule has 1 aliphatic rings. The topological polar surface area (TPSA) is 162 Å². The van der Waals surface area contributed by atoms with Crippen LogP contribution in [0.25, 0.3) is 0 Å². The molecule has 1 heterocycles. The van der Waals surface area contributed by atoms with E-state index in [-0.39, 0.29) is 5.92 Å². The largest absolute Gasteiger partial charge is 0.481 e. The van der Waals surface area contributed by atoms with E-state index in [4.69, 9.17) is 5.11 Å². The minimum Gasteiger partial charge on any atom is -0.481 e. The van der Waals surface area contributed by atoms with E-state index in [1.165, 1.54) is 4.90 Å². The first-order chi connectivity index (χ1) is 18.4. The third-order valence-electron chi connectivity index (χ3n) is 6.17. The van der Waals surface area contributed by atoms with Crippen molar-refractivity contribution in [2.75, 3.05) is 6.54 Å². The molecule has 214 valence electrons. The molecule has 0 spiro atoms. The maximum atomic E-state index is 13.5. The highest BCUT2D eigenvalue weighted by Crippen LogP contribution is 2.21. The average Bonchev–Trinajstić information content (AvgIpc) is 3.36. The maximum absolute atomic E-state index is 13.5. The van der Waals surface area contributed by atoms with Gasteiger partial charge in [-0.1, -0.05) is 31.6 Å². The van der Waals surface area contributed by atoms with E-state index >= 15 is 0 Å². The summed E-state index contributed by atoms with van der Waals surface area (Å²) in [7, 11) is 0. The molecular weight excluding hydrogens is 504 g/mol. The van der Waals surface area contributed by atoms with E-state index in [1.54, 1.807) is 45.1 Å². The van der Waals surface area contributed by atoms with E-state index in [1.807, 2.05) is 20.8 Å². The van der Waals surface area contributed by atoms with Crippen LogP contribution in [0.2, 0.25) is 0 Å². The molecule has 1 fully saturated rings. The Labute approximate surface area is 229 Å². The Morgan fingerprint density at radius 3 is 2.23 bits per heavy atom. The number of nitrogens with one attached hydrogen (secondary N) is 3. The van der Waals surface area contributed by atoms with E-state index in [0.717, 1.165) is 11.1 Å². The normalized spacial score (nSPS) is 17.4. The number of rotatable bonds is 14. The number of nitrogens with zero attached hydrogens (tertiary/aromatic N) is 1. The number of likely N-dealkylation sites (tertiary alicyclic amines) is 1. The highest BCUT2D eigenvalue weighted by atomic mass is 16.4. The summed E-state index contributed by atoms with van der Waals surface area (Å²) in [6.07, 6.45) is 8.01. The molecule has 3 atom stereocenters. The molecule has 4 N–H and O–H groups in total. The van der Waals surface area contributed by atoms with Crippen LogP contribution in [0.1, 0.15) is 60.8 Å². The summed E-state index contributed by atoms with van der Waals surface area (Å²) < 4.78 is 0. The molecule has 11 nitrogen and oxygen atoms in total. The molecule has 0 radical (unpaired) electrons. The van der Waals surface area contributed by atoms with Crippen LogP contribution in [0, 0.1) is 5.92 Å². The van der Waals surface area contributed by atoms with Crippen molar-refractivity contribution < 1.29 is 33.9 Å². The first-order valence-electron chi connectivity index (χ1n) is 12.8. The minimum atomic E-state index is -1.23. The van der Waals surface area contributed by atoms with Gasteiger partial charge in [0, 0.05) is 17.8 Å². The van der Waals surface area contributed by atoms with Gasteiger partial charge in [-0.2, -0.15) is 0 Å². The first kappa shape index (κ1) is 33.0. The molecular formula is C28H40N4O7. The van der Waals surface area contributed by atoms with Crippen molar-refractivity contribution >= 4 is 36.4 Å². The van der Waals surface area contributed by atoms with Gasteiger partial charge < -0.3 is 30.8 Å². The van der Waals surface area contributed by atoms with Crippen LogP contribution in [0.5, 0.6) is 0 Å². The van der Waals surface area contributed by atoms with Crippen LogP contribution in [0.3, 0.4) is 0 Å². The summed E-state index contributed by atoms with van der Waals surface area (Å²) in [5.41, 5.74) is 2.67. The van der Waals surface area contributed by atoms with E-state index in [2.05, 4.69) is 16.0 Å². The number of carbonyl (C=O) groups is 6. The van der Waals surface area contributed by atoms with Crippen LogP contribution in [0.15, 0.2) is 46.7 Å². The fraction of sp³-hybridized carbons (Fsp3) is 0.500. The van der Waals surface area contributed by atoms with Crippen molar-refractivity contribution in [2.45, 2.75) is 78.9 Å². The van der Waals surface area contributed by atoms with Gasteiger partial charge in [0.15, 0.2) is 0 Å². The maximum Gasteiger partial charge on any atom is 0.305 e. The zero-order valence-electron chi connectivity index (χ0n) is 23.4. The van der Waals surface area contributed by atoms with Crippen molar-refractivity contribution in [1.29, 1.82) is 0 Å². The van der Waals surface area contributed by atoms with Crippen LogP contribution >= 0.6 is 0 Å². The zero-order chi connectivity index (χ0) is 29.7. The Morgan fingerprint density at radius 1 is 1.05 bits per heavy atom. The number of amides is 4. The first-order valence-corrected chi connectivity index (χ1v) is 12.8. The summed E-state index contributed by atoms with van der Waals surface area (Å²) >= 11 is 0. The summed E-state index contributed by atoms with van der Waals surface area (Å²) in [6.45, 7) is 11.1. The Hall–Kier alpha value is -4.02. The van der Waals surface area contributed by atoms with Crippen molar-refractivity contribution in [1.82, 2.24) is 20.9 Å². The summed E-state index contributed by atoms with van der Waals surface area (Å²) in [4.78, 5) is 73.7. The SMILES string of the molecule is C\C=C(/C=C\C(C)=C/C(NC=O)=C(C)C)C(=O)NC(C(=O)N1CCC[C@H]1C(=O)NC(C=O)CC(=O)O)C(C)C. The molecule has 11 heteroatoms. The molecule has 39 heavy (non-hydrogen) atoms. The van der Waals surface area contributed by atoms with Gasteiger partial charge in [0.25, 0.3) is 5.91 Å². The standard InChI is InChI=1S/C28H40N4O7/c1-7-20(11-10-19(6)13-22(17(2)3)29-16-34)26(37)31-25(18(4)5)28(39)32-12-8-9-23(32)27(38)30-21(15-33)14-24(35)36/h7,10-11,13,15-16,18,21,23,25H,8-9,12,14H2,1-6H3,(H,29,34)(H,30,38)(H,31,37)(H,35,36)/b11-10-,19-13-,20-7+/t21?,23-,25?/m0/s1. The Kier molecular flexibility index (Phi) is 13.6. The van der Waals surface area contributed by atoms with Crippen molar-refractivity contribution in [3.05, 3.63) is 46.7 Å². The number of allylic oxidation sites excluding steroid dienone is 5. The van der Waals surface area contributed by atoms with Gasteiger partial charge in [-0.25, -0.2) is 0 Å². The van der Waals surface area contributed by atoms with Crippen molar-refractivity contribution in [3.8, 4) is 0 Å². The van der Waals surface area contributed by atoms with Crippen LogP contribution in [-0.2, 0) is 28.8 Å². The second-order valence-electron chi connectivity index (χ2n) is 9.88. The van der Waals surface area contributed by atoms with Crippen molar-refractivity contribution in [3.63, 3.8) is 0 Å². The molecule has 0 saturated carbocycles. The fourth-order valence-corrected chi connectivity index (χ4v) is 4.01. The Morgan fingerprint density at radius 2 is 1.72 bits per heavy atom. The third-order valence-corrected chi connectivity index (χ3v) is 6.17. The molecule has 0 aromatic heterocycles. The van der Waals surface area contributed by atoms with Gasteiger partial charge in [-0.15, -0.1) is 0 Å². The summed E-state index contributed by atoms with van der Waals surface area (Å²) in [5, 5.41) is 16.7. The van der Waals surface area contributed by atoms with E-state index < -0.39 is 48.2 Å². The smallest absolute Gasteiger partial charge is 0.305 e. The van der Waals surface area contributed by atoms with E-state index in [9.17, 15) is 28.8 Å². The molecule has 0 aromatic carbocycles. The third kappa shape index (κ3) is 10.3. The number of hydrogen-bond acceptors (Lipinski definition) is 6. The van der Waals surface area contributed by atoms with Gasteiger partial charge in [-0.3, -0.25) is 24.0 Å². The fourth-order valence-electron chi connectivity index (χ4n) is 4.01. The number of carboxylic acids is 1. The predicted molar refractivity (Wildman–Crippen MR) is 146 cm³/mol. The lowest BCUT2D eigenvalue weighted by molar-refractivity contribution is -0.143. The zero-order valence-corrected chi connectivity index (χ0v) is 23.4. The molecule has 0 aliphatic carbocycles. The molecule has 1 saturated heterocycles. The van der Waals surface area contributed by atoms with Crippen LogP contribution < -0.4 is 16.0 Å². The Bertz CT molecular complexity index is 1070. The predicted octanol–water partition coefficient (Wildman–Crippen LogP) is 1.77. The van der Waals surface area contributed by atoms with Gasteiger partial charge in [-0.05, 0) is 64.2 Å². The highest BCUT2D eigenvalue weighted by molar-refractivity contribution is 6.00. The molecule has 2 unspecified atom stereocenters. The number of aldehydes is 1.